The molecule has 0 N–H and O–H groups in total. The van der Waals surface area contributed by atoms with Crippen molar-refractivity contribution in [1.82, 2.24) is 14.2 Å². The number of nitro benzene ring substituents is 1. The van der Waals surface area contributed by atoms with E-state index in [1.165, 1.54) is 28.6 Å². The van der Waals surface area contributed by atoms with E-state index in [9.17, 15) is 14.9 Å². The van der Waals surface area contributed by atoms with E-state index in [1.54, 1.807) is 60.8 Å². The first-order valence-electron chi connectivity index (χ1n) is 14.2. The van der Waals surface area contributed by atoms with E-state index in [-0.39, 0.29) is 17.1 Å². The monoisotopic (exact) mass is 645 g/mol. The van der Waals surface area contributed by atoms with Crippen LogP contribution in [0.25, 0.3) is 39.1 Å². The highest BCUT2D eigenvalue weighted by Crippen LogP contribution is 2.31. The van der Waals surface area contributed by atoms with Crippen molar-refractivity contribution in [3.8, 4) is 17.3 Å². The number of rotatable bonds is 7. The van der Waals surface area contributed by atoms with Gasteiger partial charge in [0.05, 0.1) is 22.0 Å². The largest absolute Gasteiger partial charge is 0.453 e. The van der Waals surface area contributed by atoms with Gasteiger partial charge in [0, 0.05) is 55.0 Å². The molecule has 0 amide bonds. The zero-order valence-electron chi connectivity index (χ0n) is 24.5. The van der Waals surface area contributed by atoms with E-state index in [4.69, 9.17) is 21.0 Å². The topological polar surface area (TPSA) is 108 Å². The first kappa shape index (κ1) is 29.3. The quantitative estimate of drug-likeness (QED) is 0.0973. The molecule has 3 heterocycles. The lowest BCUT2D eigenvalue weighted by Gasteiger charge is -2.11. The molecule has 226 valence electrons. The highest BCUT2D eigenvalue weighted by Gasteiger charge is 2.17. The fourth-order valence-electron chi connectivity index (χ4n) is 5.39. The molecule has 0 bridgehead atoms. The minimum absolute atomic E-state index is 0.0652. The Morgan fingerprint density at radius 2 is 1.65 bits per heavy atom. The third-order valence-electron chi connectivity index (χ3n) is 7.61. The predicted molar refractivity (Wildman–Crippen MR) is 182 cm³/mol. The van der Waals surface area contributed by atoms with Gasteiger partial charge < -0.3 is 8.98 Å². The lowest BCUT2D eigenvalue weighted by molar-refractivity contribution is -0.384. The zero-order chi connectivity index (χ0) is 31.9. The third kappa shape index (κ3) is 5.48. The number of aryl methyl sites for hydroxylation is 1. The molecule has 0 radical (unpaired) electrons. The fourth-order valence-corrected chi connectivity index (χ4v) is 6.38. The molecular formula is C35H24ClN5O4S. The van der Waals surface area contributed by atoms with E-state index < -0.39 is 4.92 Å². The third-order valence-corrected chi connectivity index (χ3v) is 8.86. The maximum atomic E-state index is 13.7. The molecule has 0 saturated carbocycles. The predicted octanol–water partition coefficient (Wildman–Crippen LogP) is 8.81. The van der Waals surface area contributed by atoms with Crippen LogP contribution in [-0.4, -0.2) is 25.4 Å². The number of hydrogen-bond donors (Lipinski definition) is 0. The van der Waals surface area contributed by atoms with Crippen molar-refractivity contribution in [3.05, 3.63) is 146 Å². The highest BCUT2D eigenvalue weighted by atomic mass is 35.5. The molecule has 0 atom stereocenters. The van der Waals surface area contributed by atoms with Crippen LogP contribution in [-0.2, 0) is 0 Å². The number of aromatic nitrogens is 3. The minimum atomic E-state index is -0.405. The Morgan fingerprint density at radius 3 is 2.39 bits per heavy atom. The SMILES string of the molecule is Cc1cc(C=Nn2c(-c3cc4cc(Cl)ccc4o3)nc3ccccc3c2=O)c(C)n1-c1ccc(Sc2ccc([N+](=O)[O-])cc2)cc1. The van der Waals surface area contributed by atoms with E-state index in [0.29, 0.717) is 27.3 Å². The van der Waals surface area contributed by atoms with Crippen molar-refractivity contribution in [2.45, 2.75) is 23.6 Å². The fraction of sp³-hybridized carbons (Fsp3) is 0.0571. The average Bonchev–Trinajstić information content (AvgIpc) is 3.60. The second kappa shape index (κ2) is 11.8. The Balaban J connectivity index is 1.22. The molecule has 4 aromatic carbocycles. The van der Waals surface area contributed by atoms with Crippen molar-refractivity contribution < 1.29 is 9.34 Å². The molecule has 0 unspecified atom stereocenters. The van der Waals surface area contributed by atoms with Crippen LogP contribution in [0.5, 0.6) is 0 Å². The molecule has 9 nitrogen and oxygen atoms in total. The summed E-state index contributed by atoms with van der Waals surface area (Å²) in [6, 6.07) is 30.9. The summed E-state index contributed by atoms with van der Waals surface area (Å²) in [6.45, 7) is 4.01. The van der Waals surface area contributed by atoms with E-state index in [0.717, 1.165) is 37.8 Å². The van der Waals surface area contributed by atoms with E-state index in [2.05, 4.69) is 9.67 Å². The summed E-state index contributed by atoms with van der Waals surface area (Å²) < 4.78 is 9.48. The Bertz CT molecular complexity index is 2370. The van der Waals surface area contributed by atoms with Gasteiger partial charge in [0.1, 0.15) is 5.58 Å². The number of fused-ring (bicyclic) bond motifs is 2. The Kier molecular flexibility index (Phi) is 7.51. The zero-order valence-corrected chi connectivity index (χ0v) is 26.1. The molecule has 0 spiro atoms. The lowest BCUT2D eigenvalue weighted by atomic mass is 10.2. The van der Waals surface area contributed by atoms with Crippen LogP contribution >= 0.6 is 23.4 Å². The number of non-ortho nitro benzene ring substituents is 1. The Morgan fingerprint density at radius 1 is 0.935 bits per heavy atom. The number of hydrogen-bond acceptors (Lipinski definition) is 7. The summed E-state index contributed by atoms with van der Waals surface area (Å²) in [7, 11) is 0. The van der Waals surface area contributed by atoms with Crippen LogP contribution in [0.15, 0.2) is 127 Å². The number of nitrogens with zero attached hydrogens (tertiary/aromatic N) is 5. The van der Waals surface area contributed by atoms with Gasteiger partial charge in [0.25, 0.3) is 11.2 Å². The molecule has 7 rings (SSSR count). The first-order chi connectivity index (χ1) is 22.2. The molecule has 3 aromatic heterocycles. The number of halogens is 1. The summed E-state index contributed by atoms with van der Waals surface area (Å²) in [4.78, 5) is 30.9. The van der Waals surface area contributed by atoms with Gasteiger partial charge in [-0.3, -0.25) is 14.9 Å². The number of para-hydroxylation sites is 1. The van der Waals surface area contributed by atoms with Crippen molar-refractivity contribution in [2.75, 3.05) is 0 Å². The summed E-state index contributed by atoms with van der Waals surface area (Å²) in [5.41, 5.74) is 4.66. The van der Waals surface area contributed by atoms with Crippen molar-refractivity contribution in [3.63, 3.8) is 0 Å². The molecule has 0 aliphatic heterocycles. The number of nitro groups is 1. The molecule has 0 saturated heterocycles. The molecule has 11 heteroatoms. The smallest absolute Gasteiger partial charge is 0.282 e. The van der Waals surface area contributed by atoms with Crippen molar-refractivity contribution in [2.24, 2.45) is 5.10 Å². The van der Waals surface area contributed by atoms with Gasteiger partial charge in [0.2, 0.25) is 5.82 Å². The lowest BCUT2D eigenvalue weighted by Crippen LogP contribution is -2.20. The van der Waals surface area contributed by atoms with Crippen molar-refractivity contribution >= 4 is 57.1 Å². The summed E-state index contributed by atoms with van der Waals surface area (Å²) in [5.74, 6) is 0.677. The maximum Gasteiger partial charge on any atom is 0.282 e. The molecular weight excluding hydrogens is 622 g/mol. The van der Waals surface area contributed by atoms with Crippen LogP contribution in [0.2, 0.25) is 5.02 Å². The maximum absolute atomic E-state index is 13.7. The second-order valence-corrected chi connectivity index (χ2v) is 12.2. The van der Waals surface area contributed by atoms with Crippen LogP contribution < -0.4 is 5.56 Å². The van der Waals surface area contributed by atoms with Gasteiger partial charge in [-0.25, -0.2) is 4.98 Å². The summed E-state index contributed by atoms with van der Waals surface area (Å²) in [5, 5.41) is 17.4. The standard InChI is InChI=1S/C35H24ClN5O4S/c1-21-17-24(22(2)39(21)26-8-12-28(13-9-26)46-29-14-10-27(11-15-29)41(43)44)20-37-40-34(38-31-6-4-3-5-30(31)35(40)42)33-19-23-18-25(36)7-16-32(23)45-33/h3-20H,1-2H3. The number of furan rings is 1. The Hall–Kier alpha value is -5.45. The summed E-state index contributed by atoms with van der Waals surface area (Å²) in [6.07, 6.45) is 1.67. The molecule has 0 aliphatic rings. The van der Waals surface area contributed by atoms with Crippen LogP contribution in [0.3, 0.4) is 0 Å². The first-order valence-corrected chi connectivity index (χ1v) is 15.4. The van der Waals surface area contributed by atoms with Crippen LogP contribution in [0.4, 0.5) is 5.69 Å². The van der Waals surface area contributed by atoms with Crippen molar-refractivity contribution in [1.29, 1.82) is 0 Å². The van der Waals surface area contributed by atoms with Crippen LogP contribution in [0, 0.1) is 24.0 Å². The van der Waals surface area contributed by atoms with Gasteiger partial charge in [-0.15, -0.1) is 0 Å². The molecule has 0 aliphatic carbocycles. The summed E-state index contributed by atoms with van der Waals surface area (Å²) >= 11 is 7.73. The van der Waals surface area contributed by atoms with Gasteiger partial charge in [-0.05, 0) is 92.7 Å². The highest BCUT2D eigenvalue weighted by molar-refractivity contribution is 7.99. The second-order valence-electron chi connectivity index (χ2n) is 10.6. The average molecular weight is 646 g/mol. The minimum Gasteiger partial charge on any atom is -0.453 e. The molecule has 46 heavy (non-hydrogen) atoms. The van der Waals surface area contributed by atoms with Gasteiger partial charge in [-0.1, -0.05) is 35.5 Å². The molecule has 7 aromatic rings. The van der Waals surface area contributed by atoms with Gasteiger partial charge in [-0.2, -0.15) is 9.78 Å². The van der Waals surface area contributed by atoms with Gasteiger partial charge in [0.15, 0.2) is 5.76 Å². The van der Waals surface area contributed by atoms with Crippen LogP contribution in [0.1, 0.15) is 17.0 Å². The van der Waals surface area contributed by atoms with E-state index >= 15 is 0 Å². The van der Waals surface area contributed by atoms with E-state index in [1.807, 2.05) is 50.2 Å². The normalized spacial score (nSPS) is 11.6. The Labute approximate surface area is 271 Å². The molecule has 0 fully saturated rings. The van der Waals surface area contributed by atoms with Gasteiger partial charge >= 0.3 is 0 Å². The number of benzene rings is 4.